The summed E-state index contributed by atoms with van der Waals surface area (Å²) in [6.07, 6.45) is 4.31. The molecule has 2 amide bonds. The second-order valence-corrected chi connectivity index (χ2v) is 7.66. The average Bonchev–Trinajstić information content (AvgIpc) is 3.33. The lowest BCUT2D eigenvalue weighted by molar-refractivity contribution is -0.142. The molecule has 5 atom stereocenters. The minimum atomic E-state index is -0.0824. The summed E-state index contributed by atoms with van der Waals surface area (Å²) in [5, 5.41) is 3.41. The highest BCUT2D eigenvalue weighted by Crippen LogP contribution is 2.38. The van der Waals surface area contributed by atoms with Gasteiger partial charge in [0.05, 0.1) is 25.0 Å². The van der Waals surface area contributed by atoms with Crippen LogP contribution < -0.4 is 5.32 Å². The predicted octanol–water partition coefficient (Wildman–Crippen LogP) is 1.46. The number of ether oxygens (including phenoxy) is 1. The van der Waals surface area contributed by atoms with Gasteiger partial charge in [-0.2, -0.15) is 0 Å². The van der Waals surface area contributed by atoms with Crippen molar-refractivity contribution in [3.05, 3.63) is 24.2 Å². The SMILES string of the molecule is CC(=O)N1C2CCC(C3NCCO3)CC2N(C(=O)c2ccco2)C[C@@H]1C. The Morgan fingerprint density at radius 2 is 2.12 bits per heavy atom. The number of amides is 2. The Kier molecular flexibility index (Phi) is 4.75. The molecule has 4 rings (SSSR count). The minimum Gasteiger partial charge on any atom is -0.459 e. The molecule has 26 heavy (non-hydrogen) atoms. The van der Waals surface area contributed by atoms with E-state index in [9.17, 15) is 9.59 Å². The second kappa shape index (κ2) is 7.04. The van der Waals surface area contributed by atoms with Gasteiger partial charge in [0.15, 0.2) is 5.76 Å². The van der Waals surface area contributed by atoms with E-state index in [1.807, 2.05) is 16.7 Å². The largest absolute Gasteiger partial charge is 0.459 e. The Morgan fingerprint density at radius 1 is 1.27 bits per heavy atom. The van der Waals surface area contributed by atoms with Crippen molar-refractivity contribution < 1.29 is 18.7 Å². The van der Waals surface area contributed by atoms with Gasteiger partial charge in [0, 0.05) is 32.0 Å². The van der Waals surface area contributed by atoms with E-state index < -0.39 is 0 Å². The van der Waals surface area contributed by atoms with Gasteiger partial charge in [-0.3, -0.25) is 14.9 Å². The fourth-order valence-corrected chi connectivity index (χ4v) is 5.00. The summed E-state index contributed by atoms with van der Waals surface area (Å²) >= 11 is 0. The Hall–Kier alpha value is -1.86. The number of hydrogen-bond acceptors (Lipinski definition) is 5. The average molecular weight is 361 g/mol. The molecule has 1 saturated carbocycles. The maximum absolute atomic E-state index is 13.0. The highest BCUT2D eigenvalue weighted by Gasteiger charge is 2.48. The van der Waals surface area contributed by atoms with Crippen molar-refractivity contribution in [3.63, 3.8) is 0 Å². The van der Waals surface area contributed by atoms with Crippen LogP contribution in [0, 0.1) is 5.92 Å². The maximum Gasteiger partial charge on any atom is 0.289 e. The van der Waals surface area contributed by atoms with E-state index in [1.54, 1.807) is 19.1 Å². The molecule has 2 aliphatic heterocycles. The molecule has 1 N–H and O–H groups in total. The van der Waals surface area contributed by atoms with Crippen molar-refractivity contribution >= 4 is 11.8 Å². The quantitative estimate of drug-likeness (QED) is 0.863. The number of nitrogens with one attached hydrogen (secondary N) is 1. The number of fused-ring (bicyclic) bond motifs is 1. The van der Waals surface area contributed by atoms with E-state index in [2.05, 4.69) is 5.32 Å². The summed E-state index contributed by atoms with van der Waals surface area (Å²) in [5.74, 6) is 0.727. The molecule has 0 spiro atoms. The van der Waals surface area contributed by atoms with Gasteiger partial charge in [0.2, 0.25) is 5.91 Å². The van der Waals surface area contributed by atoms with Gasteiger partial charge >= 0.3 is 0 Å². The normalized spacial score (nSPS) is 34.6. The van der Waals surface area contributed by atoms with Crippen LogP contribution in [-0.2, 0) is 9.53 Å². The molecule has 0 bridgehead atoms. The van der Waals surface area contributed by atoms with Crippen LogP contribution in [0.1, 0.15) is 43.7 Å². The lowest BCUT2D eigenvalue weighted by atomic mass is 9.77. The van der Waals surface area contributed by atoms with Crippen LogP contribution in [0.15, 0.2) is 22.8 Å². The Balaban J connectivity index is 1.61. The third kappa shape index (κ3) is 3.03. The molecule has 4 unspecified atom stereocenters. The first-order valence-corrected chi connectivity index (χ1v) is 9.54. The van der Waals surface area contributed by atoms with E-state index >= 15 is 0 Å². The zero-order valence-electron chi connectivity index (χ0n) is 15.4. The standard InChI is InChI=1S/C19H27N3O4/c1-12-11-21(19(24)17-4-3-8-25-17)16-10-14(18-20-7-9-26-18)5-6-15(16)22(12)13(2)23/h3-4,8,12,14-16,18,20H,5-7,9-11H2,1-2H3/t12-,14?,15?,16?,18?/m0/s1. The van der Waals surface area contributed by atoms with Crippen molar-refractivity contribution in [2.75, 3.05) is 19.7 Å². The van der Waals surface area contributed by atoms with Crippen molar-refractivity contribution in [1.29, 1.82) is 0 Å². The van der Waals surface area contributed by atoms with E-state index in [-0.39, 0.29) is 36.2 Å². The zero-order valence-corrected chi connectivity index (χ0v) is 15.4. The molecule has 3 aliphatic rings. The van der Waals surface area contributed by atoms with Crippen LogP contribution in [0.5, 0.6) is 0 Å². The van der Waals surface area contributed by atoms with Crippen molar-refractivity contribution in [2.45, 2.75) is 57.5 Å². The lowest BCUT2D eigenvalue weighted by Crippen LogP contribution is -2.67. The van der Waals surface area contributed by atoms with E-state index in [0.29, 0.717) is 18.2 Å². The van der Waals surface area contributed by atoms with Crippen LogP contribution in [0.25, 0.3) is 0 Å². The van der Waals surface area contributed by atoms with Crippen LogP contribution >= 0.6 is 0 Å². The topological polar surface area (TPSA) is 75.0 Å². The molecule has 7 nitrogen and oxygen atoms in total. The first kappa shape index (κ1) is 17.5. The minimum absolute atomic E-state index is 0.00236. The predicted molar refractivity (Wildman–Crippen MR) is 94.4 cm³/mol. The number of carbonyl (C=O) groups excluding carboxylic acids is 2. The van der Waals surface area contributed by atoms with Crippen LogP contribution in [0.3, 0.4) is 0 Å². The van der Waals surface area contributed by atoms with Gasteiger partial charge in [0.1, 0.15) is 6.23 Å². The molecule has 1 aromatic rings. The first-order valence-electron chi connectivity index (χ1n) is 9.54. The van der Waals surface area contributed by atoms with Gasteiger partial charge in [-0.1, -0.05) is 0 Å². The number of piperazine rings is 1. The monoisotopic (exact) mass is 361 g/mol. The van der Waals surface area contributed by atoms with Gasteiger partial charge in [-0.25, -0.2) is 0 Å². The van der Waals surface area contributed by atoms with E-state index in [0.717, 1.165) is 32.4 Å². The van der Waals surface area contributed by atoms with Crippen molar-refractivity contribution in [2.24, 2.45) is 5.92 Å². The number of nitrogens with zero attached hydrogens (tertiary/aromatic N) is 2. The van der Waals surface area contributed by atoms with Crippen LogP contribution in [-0.4, -0.2) is 65.7 Å². The van der Waals surface area contributed by atoms with Crippen molar-refractivity contribution in [3.8, 4) is 0 Å². The molecular formula is C19H27N3O4. The smallest absolute Gasteiger partial charge is 0.289 e. The molecule has 3 heterocycles. The summed E-state index contributed by atoms with van der Waals surface area (Å²) in [7, 11) is 0. The van der Waals surface area contributed by atoms with Gasteiger partial charge in [0.25, 0.3) is 5.91 Å². The highest BCUT2D eigenvalue weighted by atomic mass is 16.5. The third-order valence-corrected chi connectivity index (χ3v) is 6.04. The number of furan rings is 1. The second-order valence-electron chi connectivity index (χ2n) is 7.66. The molecule has 0 aromatic carbocycles. The lowest BCUT2D eigenvalue weighted by Gasteiger charge is -2.54. The summed E-state index contributed by atoms with van der Waals surface area (Å²) in [4.78, 5) is 29.2. The molecule has 142 valence electrons. The molecule has 1 aliphatic carbocycles. The van der Waals surface area contributed by atoms with E-state index in [1.165, 1.54) is 6.26 Å². The number of hydrogen-bond donors (Lipinski definition) is 1. The Labute approximate surface area is 153 Å². The van der Waals surface area contributed by atoms with Gasteiger partial charge in [-0.05, 0) is 38.3 Å². The summed E-state index contributed by atoms with van der Waals surface area (Å²) in [5.41, 5.74) is 0. The third-order valence-electron chi connectivity index (χ3n) is 6.04. The fraction of sp³-hybridized carbons (Fsp3) is 0.684. The molecule has 0 radical (unpaired) electrons. The number of carbonyl (C=O) groups is 2. The molecule has 2 saturated heterocycles. The maximum atomic E-state index is 13.0. The van der Waals surface area contributed by atoms with Crippen LogP contribution in [0.2, 0.25) is 0 Å². The first-order chi connectivity index (χ1) is 12.6. The number of rotatable bonds is 2. The van der Waals surface area contributed by atoms with E-state index in [4.69, 9.17) is 9.15 Å². The Morgan fingerprint density at radius 3 is 2.77 bits per heavy atom. The Bertz CT molecular complexity index is 656. The van der Waals surface area contributed by atoms with Gasteiger partial charge < -0.3 is 19.0 Å². The van der Waals surface area contributed by atoms with Gasteiger partial charge in [-0.15, -0.1) is 0 Å². The molecular weight excluding hydrogens is 334 g/mol. The highest BCUT2D eigenvalue weighted by molar-refractivity contribution is 5.92. The summed E-state index contributed by atoms with van der Waals surface area (Å²) in [6.45, 7) is 5.80. The molecule has 3 fully saturated rings. The molecule has 1 aromatic heterocycles. The van der Waals surface area contributed by atoms with Crippen molar-refractivity contribution in [1.82, 2.24) is 15.1 Å². The summed E-state index contributed by atoms with van der Waals surface area (Å²) in [6, 6.07) is 3.51. The van der Waals surface area contributed by atoms with Crippen LogP contribution in [0.4, 0.5) is 0 Å². The molecule has 7 heteroatoms. The zero-order chi connectivity index (χ0) is 18.3. The fourth-order valence-electron chi connectivity index (χ4n) is 5.00. The summed E-state index contributed by atoms with van der Waals surface area (Å²) < 4.78 is 11.2.